The number of methoxy groups -OCH3 is 1. The van der Waals surface area contributed by atoms with Gasteiger partial charge in [-0.1, -0.05) is 6.07 Å². The first-order chi connectivity index (χ1) is 15.4. The highest BCUT2D eigenvalue weighted by Gasteiger charge is 2.33. The van der Waals surface area contributed by atoms with Gasteiger partial charge in [0.2, 0.25) is 15.9 Å². The van der Waals surface area contributed by atoms with Crippen LogP contribution in [0.25, 0.3) is 0 Å². The number of amides is 1. The summed E-state index contributed by atoms with van der Waals surface area (Å²) < 4.78 is 38.1. The Kier molecular flexibility index (Phi) is 8.09. The third kappa shape index (κ3) is 5.99. The van der Waals surface area contributed by atoms with E-state index in [1.54, 1.807) is 36.4 Å². The third-order valence-electron chi connectivity index (χ3n) is 5.26. The number of hydrogen-bond donors (Lipinski definition) is 1. The molecule has 1 amide bonds. The highest BCUT2D eigenvalue weighted by Crippen LogP contribution is 2.26. The molecular formula is C23H27N3O5S. The molecule has 2 aromatic rings. The smallest absolute Gasteiger partial charge is 0.243 e. The summed E-state index contributed by atoms with van der Waals surface area (Å²) in [5, 5.41) is 11.5. The fourth-order valence-corrected chi connectivity index (χ4v) is 5.04. The van der Waals surface area contributed by atoms with Gasteiger partial charge in [0, 0.05) is 31.3 Å². The van der Waals surface area contributed by atoms with Crippen molar-refractivity contribution < 1.29 is 22.7 Å². The van der Waals surface area contributed by atoms with Crippen molar-refractivity contribution in [1.82, 2.24) is 4.31 Å². The van der Waals surface area contributed by atoms with Crippen LogP contribution in [0.2, 0.25) is 0 Å². The Bertz CT molecular complexity index is 1060. The Labute approximate surface area is 188 Å². The molecule has 1 saturated heterocycles. The monoisotopic (exact) mass is 457 g/mol. The van der Waals surface area contributed by atoms with Crippen molar-refractivity contribution in [3.05, 3.63) is 48.5 Å². The average molecular weight is 458 g/mol. The lowest BCUT2D eigenvalue weighted by Crippen LogP contribution is -2.43. The zero-order valence-electron chi connectivity index (χ0n) is 18.0. The molecule has 9 heteroatoms. The fraction of sp³-hybridized carbons (Fsp3) is 0.391. The van der Waals surface area contributed by atoms with Gasteiger partial charge in [-0.3, -0.25) is 4.79 Å². The first kappa shape index (κ1) is 23.6. The van der Waals surface area contributed by atoms with Crippen LogP contribution >= 0.6 is 0 Å². The molecule has 1 atom stereocenters. The zero-order chi connectivity index (χ0) is 23.0. The lowest BCUT2D eigenvalue weighted by Gasteiger charge is -2.31. The maximum atomic E-state index is 13.0. The number of nitrogens with one attached hydrogen (secondary N) is 1. The number of carbonyl (C=O) groups is 1. The van der Waals surface area contributed by atoms with Crippen molar-refractivity contribution in [2.24, 2.45) is 5.92 Å². The van der Waals surface area contributed by atoms with Crippen molar-refractivity contribution in [2.45, 2.75) is 30.6 Å². The highest BCUT2D eigenvalue weighted by molar-refractivity contribution is 7.89. The van der Waals surface area contributed by atoms with Gasteiger partial charge in [0.05, 0.1) is 30.6 Å². The molecule has 0 aliphatic carbocycles. The molecule has 1 heterocycles. The van der Waals surface area contributed by atoms with Gasteiger partial charge in [-0.15, -0.1) is 0 Å². The molecule has 1 aliphatic heterocycles. The second-order valence-corrected chi connectivity index (χ2v) is 9.44. The molecule has 2 aromatic carbocycles. The van der Waals surface area contributed by atoms with Crippen molar-refractivity contribution in [3.8, 4) is 17.6 Å². The first-order valence-corrected chi connectivity index (χ1v) is 11.9. The average Bonchev–Trinajstić information content (AvgIpc) is 2.82. The summed E-state index contributed by atoms with van der Waals surface area (Å²) >= 11 is 0. The van der Waals surface area contributed by atoms with Gasteiger partial charge in [0.15, 0.2) is 0 Å². The number of nitriles is 1. The molecular weight excluding hydrogens is 430 g/mol. The van der Waals surface area contributed by atoms with E-state index >= 15 is 0 Å². The Hall–Kier alpha value is -3.09. The van der Waals surface area contributed by atoms with Crippen molar-refractivity contribution in [1.29, 1.82) is 5.26 Å². The van der Waals surface area contributed by atoms with E-state index in [0.29, 0.717) is 56.0 Å². The molecule has 1 aliphatic rings. The summed E-state index contributed by atoms with van der Waals surface area (Å²) in [6, 6.07) is 15.3. The molecule has 0 bridgehead atoms. The van der Waals surface area contributed by atoms with Crippen LogP contribution in [0.5, 0.6) is 11.5 Å². The Balaban J connectivity index is 1.62. The van der Waals surface area contributed by atoms with E-state index in [1.165, 1.54) is 23.5 Å². The fourth-order valence-electron chi connectivity index (χ4n) is 3.52. The number of piperidine rings is 1. The predicted molar refractivity (Wildman–Crippen MR) is 120 cm³/mol. The van der Waals surface area contributed by atoms with Gasteiger partial charge in [-0.25, -0.2) is 8.42 Å². The Morgan fingerprint density at radius 1 is 1.22 bits per heavy atom. The van der Waals surface area contributed by atoms with Crippen LogP contribution in [0.1, 0.15) is 25.7 Å². The number of benzene rings is 2. The standard InChI is InChI=1S/C23H27N3O5S/c1-30-20-9-11-22(12-10-20)32(28,29)26-14-5-6-18(17-26)23(27)25-19-7-4-8-21(16-19)31-15-3-2-13-24/h4,7-12,16,18H,2-3,5-6,14-15,17H2,1H3,(H,25,27). The van der Waals surface area contributed by atoms with Crippen LogP contribution in [-0.4, -0.2) is 45.4 Å². The minimum absolute atomic E-state index is 0.130. The number of anilines is 1. The topological polar surface area (TPSA) is 109 Å². The summed E-state index contributed by atoms with van der Waals surface area (Å²) in [5.74, 6) is 0.516. The van der Waals surface area contributed by atoms with Gasteiger partial charge in [0.1, 0.15) is 11.5 Å². The molecule has 3 rings (SSSR count). The van der Waals surface area contributed by atoms with E-state index in [9.17, 15) is 13.2 Å². The number of nitrogens with zero attached hydrogens (tertiary/aromatic N) is 2. The number of hydrogen-bond acceptors (Lipinski definition) is 6. The lowest BCUT2D eigenvalue weighted by molar-refractivity contribution is -0.120. The van der Waals surface area contributed by atoms with Crippen LogP contribution < -0.4 is 14.8 Å². The van der Waals surface area contributed by atoms with Crippen molar-refractivity contribution in [3.63, 3.8) is 0 Å². The van der Waals surface area contributed by atoms with Crippen LogP contribution in [0, 0.1) is 17.2 Å². The molecule has 0 radical (unpaired) electrons. The number of ether oxygens (including phenoxy) is 2. The van der Waals surface area contributed by atoms with Crippen LogP contribution in [0.3, 0.4) is 0 Å². The van der Waals surface area contributed by atoms with E-state index in [2.05, 4.69) is 11.4 Å². The molecule has 1 fully saturated rings. The quantitative estimate of drug-likeness (QED) is 0.578. The minimum atomic E-state index is -3.69. The number of unbranched alkanes of at least 4 members (excludes halogenated alkanes) is 1. The third-order valence-corrected chi connectivity index (χ3v) is 7.13. The Morgan fingerprint density at radius 3 is 2.72 bits per heavy atom. The molecule has 0 spiro atoms. The van der Waals surface area contributed by atoms with Gasteiger partial charge >= 0.3 is 0 Å². The maximum absolute atomic E-state index is 13.0. The molecule has 0 saturated carbocycles. The van der Waals surface area contributed by atoms with Gasteiger partial charge in [-0.05, 0) is 55.7 Å². The molecule has 0 aromatic heterocycles. The normalized spacial score (nSPS) is 16.7. The molecule has 1 N–H and O–H groups in total. The molecule has 32 heavy (non-hydrogen) atoms. The van der Waals surface area contributed by atoms with Crippen molar-refractivity contribution >= 4 is 21.6 Å². The lowest BCUT2D eigenvalue weighted by atomic mass is 9.98. The molecule has 1 unspecified atom stereocenters. The van der Waals surface area contributed by atoms with Gasteiger partial charge in [0.25, 0.3) is 0 Å². The van der Waals surface area contributed by atoms with Crippen LogP contribution in [-0.2, 0) is 14.8 Å². The largest absolute Gasteiger partial charge is 0.497 e. The number of rotatable bonds is 9. The summed E-state index contributed by atoms with van der Waals surface area (Å²) in [7, 11) is -2.17. The Morgan fingerprint density at radius 2 is 2.00 bits per heavy atom. The zero-order valence-corrected chi connectivity index (χ0v) is 18.8. The first-order valence-electron chi connectivity index (χ1n) is 10.5. The second kappa shape index (κ2) is 11.0. The SMILES string of the molecule is COc1ccc(S(=O)(=O)N2CCCC(C(=O)Nc3cccc(OCCCC#N)c3)C2)cc1. The van der Waals surface area contributed by atoms with Crippen molar-refractivity contribution in [2.75, 3.05) is 32.1 Å². The summed E-state index contributed by atoms with van der Waals surface area (Å²) in [5.41, 5.74) is 0.586. The van der Waals surface area contributed by atoms with Gasteiger partial charge < -0.3 is 14.8 Å². The van der Waals surface area contributed by atoms with Crippen LogP contribution in [0.4, 0.5) is 5.69 Å². The van der Waals surface area contributed by atoms with E-state index in [4.69, 9.17) is 14.7 Å². The minimum Gasteiger partial charge on any atom is -0.497 e. The number of sulfonamides is 1. The summed E-state index contributed by atoms with van der Waals surface area (Å²) in [6.45, 7) is 0.931. The summed E-state index contributed by atoms with van der Waals surface area (Å²) in [4.78, 5) is 13.0. The van der Waals surface area contributed by atoms with E-state index in [-0.39, 0.29) is 17.3 Å². The maximum Gasteiger partial charge on any atom is 0.243 e. The molecule has 8 nitrogen and oxygen atoms in total. The van der Waals surface area contributed by atoms with E-state index in [1.807, 2.05) is 0 Å². The van der Waals surface area contributed by atoms with E-state index in [0.717, 1.165) is 0 Å². The summed E-state index contributed by atoms with van der Waals surface area (Å²) in [6.07, 6.45) is 2.28. The van der Waals surface area contributed by atoms with Gasteiger partial charge in [-0.2, -0.15) is 9.57 Å². The number of carbonyl (C=O) groups excluding carboxylic acids is 1. The highest BCUT2D eigenvalue weighted by atomic mass is 32.2. The van der Waals surface area contributed by atoms with E-state index < -0.39 is 15.9 Å². The second-order valence-electron chi connectivity index (χ2n) is 7.50. The predicted octanol–water partition coefficient (Wildman–Crippen LogP) is 3.42. The molecule has 170 valence electrons. The van der Waals surface area contributed by atoms with Crippen LogP contribution in [0.15, 0.2) is 53.4 Å².